The molecule has 1 aromatic rings. The van der Waals surface area contributed by atoms with E-state index in [4.69, 9.17) is 21.1 Å². The predicted octanol–water partition coefficient (Wildman–Crippen LogP) is 2.80. The Balaban J connectivity index is 2.72. The monoisotopic (exact) mass is 299 g/mol. The summed E-state index contributed by atoms with van der Waals surface area (Å²) in [5.74, 6) is 1.13. The summed E-state index contributed by atoms with van der Waals surface area (Å²) < 4.78 is 10.6. The van der Waals surface area contributed by atoms with E-state index in [9.17, 15) is 4.79 Å². The molecule has 0 saturated carbocycles. The van der Waals surface area contributed by atoms with Crippen molar-refractivity contribution in [2.24, 2.45) is 0 Å². The van der Waals surface area contributed by atoms with E-state index in [0.717, 1.165) is 5.75 Å². The van der Waals surface area contributed by atoms with Gasteiger partial charge in [0, 0.05) is 31.6 Å². The maximum Gasteiger partial charge on any atom is 0.253 e. The zero-order chi connectivity index (χ0) is 15.0. The number of ether oxygens (including phenoxy) is 2. The number of methoxy groups -OCH3 is 1. The molecule has 20 heavy (non-hydrogen) atoms. The summed E-state index contributed by atoms with van der Waals surface area (Å²) in [6, 6.07) is 7.16. The van der Waals surface area contributed by atoms with Crippen molar-refractivity contribution in [3.8, 4) is 5.75 Å². The third-order valence-corrected chi connectivity index (χ3v) is 2.85. The van der Waals surface area contributed by atoms with Crippen LogP contribution in [0.5, 0.6) is 5.75 Å². The Labute approximate surface area is 125 Å². The molecule has 4 nitrogen and oxygen atoms in total. The van der Waals surface area contributed by atoms with Crippen molar-refractivity contribution in [3.05, 3.63) is 29.8 Å². The highest BCUT2D eigenvalue weighted by Gasteiger charge is 2.15. The molecule has 1 amide bonds. The molecule has 0 unspecified atom stereocenters. The lowest BCUT2D eigenvalue weighted by Crippen LogP contribution is -2.35. The third-order valence-electron chi connectivity index (χ3n) is 2.68. The number of rotatable bonds is 8. The molecule has 0 N–H and O–H groups in total. The van der Waals surface area contributed by atoms with E-state index in [1.807, 2.05) is 26.0 Å². The van der Waals surface area contributed by atoms with Crippen molar-refractivity contribution in [3.63, 3.8) is 0 Å². The number of amides is 1. The van der Waals surface area contributed by atoms with E-state index in [1.54, 1.807) is 24.1 Å². The number of carbonyl (C=O) groups excluding carboxylic acids is 1. The molecule has 0 heterocycles. The van der Waals surface area contributed by atoms with Gasteiger partial charge in [-0.3, -0.25) is 4.79 Å². The number of halogens is 1. The normalized spacial score (nSPS) is 10.7. The predicted molar refractivity (Wildman–Crippen MR) is 80.7 cm³/mol. The maximum absolute atomic E-state index is 12.3. The van der Waals surface area contributed by atoms with Gasteiger partial charge in [0.1, 0.15) is 5.75 Å². The Hall–Kier alpha value is -1.26. The van der Waals surface area contributed by atoms with Crippen LogP contribution in [0.15, 0.2) is 24.3 Å². The molecule has 0 radical (unpaired) electrons. The summed E-state index contributed by atoms with van der Waals surface area (Å²) >= 11 is 5.73. The fraction of sp³-hybridized carbons (Fsp3) is 0.533. The van der Waals surface area contributed by atoms with Crippen LogP contribution in [0, 0.1) is 0 Å². The van der Waals surface area contributed by atoms with Gasteiger partial charge in [-0.25, -0.2) is 0 Å². The molecule has 0 fully saturated rings. The summed E-state index contributed by atoms with van der Waals surface area (Å²) in [6.07, 6.45) is 0.117. The second kappa shape index (κ2) is 8.82. The lowest BCUT2D eigenvalue weighted by molar-refractivity contribution is 0.0708. The smallest absolute Gasteiger partial charge is 0.253 e. The van der Waals surface area contributed by atoms with Gasteiger partial charge < -0.3 is 14.4 Å². The van der Waals surface area contributed by atoms with Gasteiger partial charge in [0.05, 0.1) is 12.7 Å². The molecule has 112 valence electrons. The summed E-state index contributed by atoms with van der Waals surface area (Å²) in [5, 5.41) is 0. The minimum absolute atomic E-state index is 0.0428. The zero-order valence-electron chi connectivity index (χ0n) is 12.3. The lowest BCUT2D eigenvalue weighted by Gasteiger charge is -2.21. The summed E-state index contributed by atoms with van der Waals surface area (Å²) in [4.78, 5) is 14.0. The molecule has 5 heteroatoms. The highest BCUT2D eigenvalue weighted by Crippen LogP contribution is 2.15. The van der Waals surface area contributed by atoms with Gasteiger partial charge in [0.25, 0.3) is 5.91 Å². The number of carbonyl (C=O) groups is 1. The zero-order valence-corrected chi connectivity index (χ0v) is 13.0. The molecule has 0 aliphatic heterocycles. The van der Waals surface area contributed by atoms with Crippen LogP contribution in [-0.4, -0.2) is 49.6 Å². The Morgan fingerprint density at radius 3 is 2.40 bits per heavy atom. The lowest BCUT2D eigenvalue weighted by atomic mass is 10.2. The minimum atomic E-state index is -0.0428. The average molecular weight is 300 g/mol. The van der Waals surface area contributed by atoms with Crippen molar-refractivity contribution in [1.82, 2.24) is 4.90 Å². The summed E-state index contributed by atoms with van der Waals surface area (Å²) in [5.41, 5.74) is 0.627. The molecular weight excluding hydrogens is 278 g/mol. The van der Waals surface area contributed by atoms with E-state index in [-0.39, 0.29) is 12.0 Å². The molecule has 0 saturated heterocycles. The SMILES string of the molecule is COCCN(CCCl)C(=O)c1ccc(OC(C)C)cc1. The molecule has 0 atom stereocenters. The van der Waals surface area contributed by atoms with E-state index < -0.39 is 0 Å². The molecule has 1 aromatic carbocycles. The van der Waals surface area contributed by atoms with Crippen LogP contribution in [0.4, 0.5) is 0 Å². The Bertz CT molecular complexity index is 406. The first kappa shape index (κ1) is 16.8. The van der Waals surface area contributed by atoms with Crippen molar-refractivity contribution in [2.45, 2.75) is 20.0 Å². The largest absolute Gasteiger partial charge is 0.491 e. The Morgan fingerprint density at radius 2 is 1.90 bits per heavy atom. The van der Waals surface area contributed by atoms with Crippen LogP contribution in [0.2, 0.25) is 0 Å². The van der Waals surface area contributed by atoms with Crippen molar-refractivity contribution in [1.29, 1.82) is 0 Å². The highest BCUT2D eigenvalue weighted by atomic mass is 35.5. The molecule has 1 rings (SSSR count). The van der Waals surface area contributed by atoms with Crippen LogP contribution in [0.1, 0.15) is 24.2 Å². The minimum Gasteiger partial charge on any atom is -0.491 e. The van der Waals surface area contributed by atoms with Crippen LogP contribution >= 0.6 is 11.6 Å². The number of benzene rings is 1. The quantitative estimate of drug-likeness (QED) is 0.693. The number of hydrogen-bond acceptors (Lipinski definition) is 3. The molecule has 0 aromatic heterocycles. The third kappa shape index (κ3) is 5.39. The van der Waals surface area contributed by atoms with E-state index in [2.05, 4.69) is 0 Å². The van der Waals surface area contributed by atoms with Crippen LogP contribution in [0.3, 0.4) is 0 Å². The maximum atomic E-state index is 12.3. The van der Waals surface area contributed by atoms with Crippen LogP contribution in [0.25, 0.3) is 0 Å². The van der Waals surface area contributed by atoms with Gasteiger partial charge >= 0.3 is 0 Å². The highest BCUT2D eigenvalue weighted by molar-refractivity contribution is 6.18. The number of nitrogens with zero attached hydrogens (tertiary/aromatic N) is 1. The standard InChI is InChI=1S/C15H22ClNO3/c1-12(2)20-14-6-4-13(5-7-14)15(18)17(9-8-16)10-11-19-3/h4-7,12H,8-11H2,1-3H3. The van der Waals surface area contributed by atoms with Gasteiger partial charge in [0.15, 0.2) is 0 Å². The van der Waals surface area contributed by atoms with Crippen molar-refractivity contribution >= 4 is 17.5 Å². The van der Waals surface area contributed by atoms with E-state index in [0.29, 0.717) is 31.1 Å². The van der Waals surface area contributed by atoms with Gasteiger partial charge in [-0.2, -0.15) is 0 Å². The second-order valence-electron chi connectivity index (χ2n) is 4.66. The van der Waals surface area contributed by atoms with Gasteiger partial charge in [-0.05, 0) is 38.1 Å². The first-order valence-electron chi connectivity index (χ1n) is 6.69. The average Bonchev–Trinajstić information content (AvgIpc) is 2.43. The van der Waals surface area contributed by atoms with E-state index in [1.165, 1.54) is 0 Å². The first-order valence-corrected chi connectivity index (χ1v) is 7.22. The van der Waals surface area contributed by atoms with Gasteiger partial charge in [-0.15, -0.1) is 11.6 Å². The Morgan fingerprint density at radius 1 is 1.25 bits per heavy atom. The Kier molecular flexibility index (Phi) is 7.41. The fourth-order valence-electron chi connectivity index (χ4n) is 1.75. The van der Waals surface area contributed by atoms with Crippen LogP contribution < -0.4 is 4.74 Å². The van der Waals surface area contributed by atoms with E-state index >= 15 is 0 Å². The molecule has 0 spiro atoms. The van der Waals surface area contributed by atoms with Gasteiger partial charge in [0.2, 0.25) is 0 Å². The molecule has 0 aliphatic carbocycles. The van der Waals surface area contributed by atoms with Crippen LogP contribution in [-0.2, 0) is 4.74 Å². The second-order valence-corrected chi connectivity index (χ2v) is 5.04. The summed E-state index contributed by atoms with van der Waals surface area (Å²) in [6.45, 7) is 5.47. The summed E-state index contributed by atoms with van der Waals surface area (Å²) in [7, 11) is 1.61. The number of alkyl halides is 1. The molecular formula is C15H22ClNO3. The fourth-order valence-corrected chi connectivity index (χ4v) is 1.95. The van der Waals surface area contributed by atoms with Crippen molar-refractivity contribution < 1.29 is 14.3 Å². The molecule has 0 bridgehead atoms. The first-order chi connectivity index (χ1) is 9.58. The topological polar surface area (TPSA) is 38.8 Å². The molecule has 0 aliphatic rings. The van der Waals surface area contributed by atoms with Gasteiger partial charge in [-0.1, -0.05) is 0 Å². The van der Waals surface area contributed by atoms with Crippen molar-refractivity contribution in [2.75, 3.05) is 32.7 Å². The number of hydrogen-bond donors (Lipinski definition) is 0.